The van der Waals surface area contributed by atoms with Gasteiger partial charge in [0.2, 0.25) is 11.7 Å². The van der Waals surface area contributed by atoms with Gasteiger partial charge in [0.25, 0.3) is 0 Å². The number of hydrogen-bond acceptors (Lipinski definition) is 5. The highest BCUT2D eigenvalue weighted by Crippen LogP contribution is 2.30. The van der Waals surface area contributed by atoms with E-state index in [1.807, 2.05) is 0 Å². The van der Waals surface area contributed by atoms with Crippen molar-refractivity contribution in [2.45, 2.75) is 12.7 Å². The van der Waals surface area contributed by atoms with Gasteiger partial charge in [-0.05, 0) is 47.7 Å². The monoisotopic (exact) mass is 377 g/mol. The number of amides is 1. The smallest absolute Gasteiger partial charge is 0.416 e. The molecular formula is C17H14F3N5O2. The number of nitrogens with zero attached hydrogens (tertiary/aromatic N) is 4. The van der Waals surface area contributed by atoms with E-state index in [1.54, 1.807) is 31.4 Å². The van der Waals surface area contributed by atoms with Crippen molar-refractivity contribution in [3.05, 3.63) is 54.1 Å². The molecule has 0 saturated carbocycles. The summed E-state index contributed by atoms with van der Waals surface area (Å²) in [5.74, 6) is 0.407. The first-order chi connectivity index (χ1) is 12.8. The van der Waals surface area contributed by atoms with Crippen LogP contribution in [0.1, 0.15) is 5.56 Å². The maximum atomic E-state index is 12.7. The third kappa shape index (κ3) is 4.60. The summed E-state index contributed by atoms with van der Waals surface area (Å²) in [5, 5.41) is 14.1. The average Bonchev–Trinajstić information content (AvgIpc) is 3.09. The number of aromatic nitrogens is 4. The third-order valence-electron chi connectivity index (χ3n) is 3.56. The minimum Gasteiger partial charge on any atom is -0.497 e. The largest absolute Gasteiger partial charge is 0.497 e. The lowest BCUT2D eigenvalue weighted by molar-refractivity contribution is -0.137. The highest BCUT2D eigenvalue weighted by molar-refractivity contribution is 5.90. The van der Waals surface area contributed by atoms with E-state index in [0.717, 1.165) is 16.9 Å². The first-order valence-electron chi connectivity index (χ1n) is 7.74. The van der Waals surface area contributed by atoms with Gasteiger partial charge in [-0.3, -0.25) is 4.79 Å². The molecule has 0 bridgehead atoms. The molecule has 7 nitrogen and oxygen atoms in total. The lowest BCUT2D eigenvalue weighted by Crippen LogP contribution is -2.20. The molecular weight excluding hydrogens is 363 g/mol. The normalized spacial score (nSPS) is 11.3. The number of halogens is 3. The van der Waals surface area contributed by atoms with Crippen molar-refractivity contribution in [2.75, 3.05) is 12.4 Å². The van der Waals surface area contributed by atoms with Crippen molar-refractivity contribution in [3.63, 3.8) is 0 Å². The van der Waals surface area contributed by atoms with Gasteiger partial charge in [-0.2, -0.15) is 18.0 Å². The van der Waals surface area contributed by atoms with E-state index in [9.17, 15) is 18.0 Å². The first kappa shape index (κ1) is 18.4. The summed E-state index contributed by atoms with van der Waals surface area (Å²) >= 11 is 0. The van der Waals surface area contributed by atoms with E-state index in [0.29, 0.717) is 17.1 Å². The highest BCUT2D eigenvalue weighted by Gasteiger charge is 2.30. The Balaban J connectivity index is 1.66. The van der Waals surface area contributed by atoms with Gasteiger partial charge in [0, 0.05) is 11.3 Å². The van der Waals surface area contributed by atoms with Crippen LogP contribution >= 0.6 is 0 Å². The van der Waals surface area contributed by atoms with Gasteiger partial charge in [-0.15, -0.1) is 10.2 Å². The number of anilines is 1. The molecule has 0 aliphatic carbocycles. The van der Waals surface area contributed by atoms with Crippen molar-refractivity contribution in [1.82, 2.24) is 20.2 Å². The van der Waals surface area contributed by atoms with Gasteiger partial charge in [-0.25, -0.2) is 0 Å². The molecule has 0 fully saturated rings. The molecule has 0 aliphatic rings. The van der Waals surface area contributed by atoms with Crippen molar-refractivity contribution >= 4 is 11.6 Å². The van der Waals surface area contributed by atoms with Gasteiger partial charge in [0.1, 0.15) is 12.3 Å². The molecule has 1 N–H and O–H groups in total. The molecule has 10 heteroatoms. The molecule has 0 radical (unpaired) electrons. The molecule has 0 unspecified atom stereocenters. The summed E-state index contributed by atoms with van der Waals surface area (Å²) in [6.07, 6.45) is -4.48. The van der Waals surface area contributed by atoms with E-state index < -0.39 is 17.6 Å². The molecule has 1 heterocycles. The number of tetrazole rings is 1. The van der Waals surface area contributed by atoms with E-state index in [-0.39, 0.29) is 12.2 Å². The summed E-state index contributed by atoms with van der Waals surface area (Å²) in [6.45, 7) is -0.292. The zero-order chi connectivity index (χ0) is 19.4. The minimum absolute atomic E-state index is 0.0327. The Kier molecular flexibility index (Phi) is 5.06. The van der Waals surface area contributed by atoms with Gasteiger partial charge in [0.15, 0.2) is 0 Å². The predicted molar refractivity (Wildman–Crippen MR) is 89.9 cm³/mol. The molecule has 3 rings (SSSR count). The number of ether oxygens (including phenoxy) is 1. The van der Waals surface area contributed by atoms with Gasteiger partial charge >= 0.3 is 6.18 Å². The predicted octanol–water partition coefficient (Wildman–Crippen LogP) is 3.01. The van der Waals surface area contributed by atoms with Crippen LogP contribution in [-0.4, -0.2) is 33.2 Å². The molecule has 1 amide bonds. The Hall–Kier alpha value is -3.43. The number of nitrogens with one attached hydrogen (secondary N) is 1. The lowest BCUT2D eigenvalue weighted by atomic mass is 10.2. The molecule has 27 heavy (non-hydrogen) atoms. The fourth-order valence-electron chi connectivity index (χ4n) is 2.27. The molecule has 2 aromatic carbocycles. The average molecular weight is 377 g/mol. The van der Waals surface area contributed by atoms with E-state index >= 15 is 0 Å². The number of carbonyl (C=O) groups excluding carboxylic acids is 1. The van der Waals surface area contributed by atoms with Gasteiger partial charge < -0.3 is 10.1 Å². The number of carbonyl (C=O) groups is 1. The van der Waals surface area contributed by atoms with Crippen LogP contribution < -0.4 is 10.1 Å². The standard InChI is InChI=1S/C17H14F3N5O2/c1-27-14-7-5-11(6-8-14)16-22-24-25(23-16)10-15(26)21-13-4-2-3-12(9-13)17(18,19)20/h2-9H,10H2,1H3,(H,21,26). The topological polar surface area (TPSA) is 81.9 Å². The second-order valence-electron chi connectivity index (χ2n) is 5.50. The summed E-state index contributed by atoms with van der Waals surface area (Å²) in [5.41, 5.74) is -0.133. The Bertz CT molecular complexity index is 938. The quantitative estimate of drug-likeness (QED) is 0.739. The summed E-state index contributed by atoms with van der Waals surface area (Å²) < 4.78 is 43.2. The summed E-state index contributed by atoms with van der Waals surface area (Å²) in [4.78, 5) is 13.1. The first-order valence-corrected chi connectivity index (χ1v) is 7.74. The van der Waals surface area contributed by atoms with Gasteiger partial charge in [0.05, 0.1) is 12.7 Å². The third-order valence-corrected chi connectivity index (χ3v) is 3.56. The summed E-state index contributed by atoms with van der Waals surface area (Å²) in [6, 6.07) is 11.3. The summed E-state index contributed by atoms with van der Waals surface area (Å²) in [7, 11) is 1.55. The zero-order valence-electron chi connectivity index (χ0n) is 14.1. The maximum Gasteiger partial charge on any atom is 0.416 e. The van der Waals surface area contributed by atoms with Crippen LogP contribution in [-0.2, 0) is 17.5 Å². The molecule has 1 aromatic heterocycles. The van der Waals surface area contributed by atoms with E-state index in [2.05, 4.69) is 20.7 Å². The molecule has 0 spiro atoms. The van der Waals surface area contributed by atoms with Crippen LogP contribution in [0, 0.1) is 0 Å². The Morgan fingerprint density at radius 1 is 1.19 bits per heavy atom. The van der Waals surface area contributed by atoms with E-state index in [1.165, 1.54) is 12.1 Å². The Morgan fingerprint density at radius 3 is 2.59 bits per heavy atom. The molecule has 0 saturated heterocycles. The maximum absolute atomic E-state index is 12.7. The van der Waals surface area contributed by atoms with E-state index in [4.69, 9.17) is 4.74 Å². The lowest BCUT2D eigenvalue weighted by Gasteiger charge is -2.09. The second-order valence-corrected chi connectivity index (χ2v) is 5.50. The molecule has 0 atom stereocenters. The van der Waals surface area contributed by atoms with Crippen molar-refractivity contribution in [1.29, 1.82) is 0 Å². The number of rotatable bonds is 5. The van der Waals surface area contributed by atoms with Crippen LogP contribution in [0.5, 0.6) is 5.75 Å². The number of hydrogen-bond donors (Lipinski definition) is 1. The zero-order valence-corrected chi connectivity index (χ0v) is 14.1. The van der Waals surface area contributed by atoms with Crippen LogP contribution in [0.2, 0.25) is 0 Å². The van der Waals surface area contributed by atoms with Crippen molar-refractivity contribution in [3.8, 4) is 17.1 Å². The SMILES string of the molecule is COc1ccc(-c2nnn(CC(=O)Nc3cccc(C(F)(F)F)c3)n2)cc1. The fourth-order valence-corrected chi connectivity index (χ4v) is 2.27. The molecule has 3 aromatic rings. The molecule has 0 aliphatic heterocycles. The van der Waals surface area contributed by atoms with Crippen LogP contribution in [0.3, 0.4) is 0 Å². The number of alkyl halides is 3. The number of methoxy groups -OCH3 is 1. The van der Waals surface area contributed by atoms with Gasteiger partial charge in [-0.1, -0.05) is 6.07 Å². The Morgan fingerprint density at radius 2 is 1.93 bits per heavy atom. The Labute approximate surface area is 151 Å². The molecule has 140 valence electrons. The van der Waals surface area contributed by atoms with Crippen molar-refractivity contribution < 1.29 is 22.7 Å². The minimum atomic E-state index is -4.48. The van der Waals surface area contributed by atoms with Crippen LogP contribution in [0.25, 0.3) is 11.4 Å². The van der Waals surface area contributed by atoms with Crippen molar-refractivity contribution in [2.24, 2.45) is 0 Å². The number of benzene rings is 2. The van der Waals surface area contributed by atoms with Crippen LogP contribution in [0.15, 0.2) is 48.5 Å². The fraction of sp³-hybridized carbons (Fsp3) is 0.176. The second kappa shape index (κ2) is 7.44. The van der Waals surface area contributed by atoms with Crippen LogP contribution in [0.4, 0.5) is 18.9 Å². The highest BCUT2D eigenvalue weighted by atomic mass is 19.4.